The lowest BCUT2D eigenvalue weighted by atomic mass is 10.1. The Balaban J connectivity index is 1.93. The Labute approximate surface area is 107 Å². The lowest BCUT2D eigenvalue weighted by Gasteiger charge is -2.16. The molecule has 0 bridgehead atoms. The summed E-state index contributed by atoms with van der Waals surface area (Å²) in [4.78, 5) is 0. The fraction of sp³-hybridized carbons (Fsp3) is 0.538. The van der Waals surface area contributed by atoms with Crippen LogP contribution < -0.4 is 15.4 Å². The number of hydrogen-bond acceptors (Lipinski definition) is 3. The fourth-order valence-electron chi connectivity index (χ4n) is 2.03. The first-order chi connectivity index (χ1) is 8.19. The molecule has 94 valence electrons. The largest absolute Gasteiger partial charge is 0.495 e. The van der Waals surface area contributed by atoms with Crippen LogP contribution in [0.25, 0.3) is 0 Å². The summed E-state index contributed by atoms with van der Waals surface area (Å²) in [6, 6.07) is 5.80. The minimum atomic E-state index is 0.446. The van der Waals surface area contributed by atoms with Gasteiger partial charge >= 0.3 is 0 Å². The number of ether oxygens (including phenoxy) is 1. The van der Waals surface area contributed by atoms with Gasteiger partial charge in [0.25, 0.3) is 0 Å². The van der Waals surface area contributed by atoms with E-state index in [0.717, 1.165) is 18.8 Å². The molecule has 17 heavy (non-hydrogen) atoms. The summed E-state index contributed by atoms with van der Waals surface area (Å²) in [6.45, 7) is 2.07. The van der Waals surface area contributed by atoms with Crippen LogP contribution >= 0.6 is 11.6 Å². The predicted molar refractivity (Wildman–Crippen MR) is 72.1 cm³/mol. The number of benzene rings is 1. The first kappa shape index (κ1) is 12.5. The zero-order valence-electron chi connectivity index (χ0n) is 10.3. The van der Waals surface area contributed by atoms with Gasteiger partial charge in [0.2, 0.25) is 0 Å². The van der Waals surface area contributed by atoms with E-state index in [4.69, 9.17) is 16.3 Å². The Hall–Kier alpha value is -0.930. The molecule has 1 aliphatic rings. The Bertz CT molecular complexity index is 391. The number of methoxy groups -OCH3 is 1. The highest BCUT2D eigenvalue weighted by Crippen LogP contribution is 2.45. The Morgan fingerprint density at radius 1 is 1.35 bits per heavy atom. The van der Waals surface area contributed by atoms with Crippen LogP contribution in [0.1, 0.15) is 12.8 Å². The maximum atomic E-state index is 6.08. The van der Waals surface area contributed by atoms with Crippen molar-refractivity contribution in [1.29, 1.82) is 0 Å². The third-order valence-corrected chi connectivity index (χ3v) is 3.62. The molecule has 0 aliphatic heterocycles. The van der Waals surface area contributed by atoms with E-state index in [2.05, 4.69) is 10.6 Å². The molecule has 4 heteroatoms. The Kier molecular flexibility index (Phi) is 3.79. The van der Waals surface area contributed by atoms with Crippen molar-refractivity contribution in [3.63, 3.8) is 0 Å². The van der Waals surface area contributed by atoms with Crippen LogP contribution in [0.2, 0.25) is 5.02 Å². The zero-order valence-corrected chi connectivity index (χ0v) is 11.1. The van der Waals surface area contributed by atoms with Crippen molar-refractivity contribution in [3.05, 3.63) is 23.2 Å². The second-order valence-corrected chi connectivity index (χ2v) is 5.14. The number of anilines is 1. The fourth-order valence-corrected chi connectivity index (χ4v) is 2.29. The van der Waals surface area contributed by atoms with E-state index in [-0.39, 0.29) is 0 Å². The van der Waals surface area contributed by atoms with Gasteiger partial charge in [-0.3, -0.25) is 0 Å². The van der Waals surface area contributed by atoms with Crippen LogP contribution in [0.4, 0.5) is 5.69 Å². The van der Waals surface area contributed by atoms with Crippen molar-refractivity contribution in [2.75, 3.05) is 32.6 Å². The van der Waals surface area contributed by atoms with Crippen LogP contribution in [0.5, 0.6) is 5.75 Å². The maximum Gasteiger partial charge on any atom is 0.137 e. The number of halogens is 1. The minimum absolute atomic E-state index is 0.446. The van der Waals surface area contributed by atoms with Crippen molar-refractivity contribution in [2.24, 2.45) is 5.41 Å². The molecule has 2 rings (SSSR count). The van der Waals surface area contributed by atoms with Gasteiger partial charge in [0.05, 0.1) is 12.1 Å². The smallest absolute Gasteiger partial charge is 0.137 e. The van der Waals surface area contributed by atoms with E-state index in [1.54, 1.807) is 7.11 Å². The van der Waals surface area contributed by atoms with Gasteiger partial charge in [0.15, 0.2) is 0 Å². The van der Waals surface area contributed by atoms with Crippen molar-refractivity contribution >= 4 is 17.3 Å². The average molecular weight is 255 g/mol. The molecule has 1 aromatic rings. The molecule has 1 fully saturated rings. The summed E-state index contributed by atoms with van der Waals surface area (Å²) >= 11 is 6.08. The van der Waals surface area contributed by atoms with E-state index in [9.17, 15) is 0 Å². The highest BCUT2D eigenvalue weighted by atomic mass is 35.5. The molecule has 1 saturated carbocycles. The molecule has 0 atom stereocenters. The molecule has 0 aromatic heterocycles. The molecule has 0 spiro atoms. The lowest BCUT2D eigenvalue weighted by Crippen LogP contribution is -2.26. The van der Waals surface area contributed by atoms with Crippen LogP contribution in [0, 0.1) is 5.41 Å². The summed E-state index contributed by atoms with van der Waals surface area (Å²) in [5.41, 5.74) is 1.50. The molecule has 0 saturated heterocycles. The van der Waals surface area contributed by atoms with Gasteiger partial charge in [-0.25, -0.2) is 0 Å². The third kappa shape index (κ3) is 3.05. The van der Waals surface area contributed by atoms with Crippen LogP contribution in [-0.2, 0) is 0 Å². The van der Waals surface area contributed by atoms with Crippen LogP contribution in [0.3, 0.4) is 0 Å². The summed E-state index contributed by atoms with van der Waals surface area (Å²) in [7, 11) is 3.63. The Morgan fingerprint density at radius 3 is 2.65 bits per heavy atom. The minimum Gasteiger partial charge on any atom is -0.495 e. The third-order valence-electron chi connectivity index (χ3n) is 3.33. The molecule has 0 unspecified atom stereocenters. The molecule has 1 aliphatic carbocycles. The van der Waals surface area contributed by atoms with Gasteiger partial charge in [-0.1, -0.05) is 11.6 Å². The van der Waals surface area contributed by atoms with Crippen molar-refractivity contribution in [1.82, 2.24) is 5.32 Å². The van der Waals surface area contributed by atoms with Gasteiger partial charge in [-0.05, 0) is 38.1 Å². The second kappa shape index (κ2) is 5.15. The van der Waals surface area contributed by atoms with Gasteiger partial charge < -0.3 is 15.4 Å². The van der Waals surface area contributed by atoms with Gasteiger partial charge in [-0.2, -0.15) is 0 Å². The van der Waals surface area contributed by atoms with E-state index in [1.807, 2.05) is 25.2 Å². The molecular formula is C13H19ClN2O. The van der Waals surface area contributed by atoms with E-state index >= 15 is 0 Å². The molecule has 0 amide bonds. The lowest BCUT2D eigenvalue weighted by molar-refractivity contribution is 0.415. The van der Waals surface area contributed by atoms with Gasteiger partial charge in [0.1, 0.15) is 5.75 Å². The molecule has 0 heterocycles. The molecule has 1 aromatic carbocycles. The highest BCUT2D eigenvalue weighted by molar-refractivity contribution is 6.32. The summed E-state index contributed by atoms with van der Waals surface area (Å²) in [5, 5.41) is 7.34. The van der Waals surface area contributed by atoms with Crippen molar-refractivity contribution in [2.45, 2.75) is 12.8 Å². The SMILES string of the molecule is CNCC1(CNc2ccc(OC)c(Cl)c2)CC1. The summed E-state index contributed by atoms with van der Waals surface area (Å²) < 4.78 is 5.13. The quantitative estimate of drug-likeness (QED) is 0.819. The maximum absolute atomic E-state index is 6.08. The number of nitrogens with one attached hydrogen (secondary N) is 2. The predicted octanol–water partition coefficient (Wildman–Crippen LogP) is 2.76. The second-order valence-electron chi connectivity index (χ2n) is 4.73. The van der Waals surface area contributed by atoms with Crippen LogP contribution in [-0.4, -0.2) is 27.2 Å². The van der Waals surface area contributed by atoms with Crippen molar-refractivity contribution < 1.29 is 4.74 Å². The molecule has 0 radical (unpaired) electrons. The molecule has 3 nitrogen and oxygen atoms in total. The van der Waals surface area contributed by atoms with E-state index < -0.39 is 0 Å². The van der Waals surface area contributed by atoms with Crippen molar-refractivity contribution in [3.8, 4) is 5.75 Å². The van der Waals surface area contributed by atoms with E-state index in [1.165, 1.54) is 12.8 Å². The standard InChI is InChI=1S/C13H19ClN2O/c1-15-8-13(5-6-13)9-16-10-3-4-12(17-2)11(14)7-10/h3-4,7,15-16H,5-6,8-9H2,1-2H3. The number of rotatable bonds is 6. The molecular weight excluding hydrogens is 236 g/mol. The highest BCUT2D eigenvalue weighted by Gasteiger charge is 2.41. The first-order valence-electron chi connectivity index (χ1n) is 5.91. The monoisotopic (exact) mass is 254 g/mol. The first-order valence-corrected chi connectivity index (χ1v) is 6.29. The van der Waals surface area contributed by atoms with E-state index in [0.29, 0.717) is 16.2 Å². The Morgan fingerprint density at radius 2 is 2.12 bits per heavy atom. The normalized spacial score (nSPS) is 16.6. The summed E-state index contributed by atoms with van der Waals surface area (Å²) in [5.74, 6) is 0.716. The van der Waals surface area contributed by atoms with Crippen LogP contribution in [0.15, 0.2) is 18.2 Å². The number of hydrogen-bond donors (Lipinski definition) is 2. The average Bonchev–Trinajstić information content (AvgIpc) is 3.08. The van der Waals surface area contributed by atoms with Gasteiger partial charge in [-0.15, -0.1) is 0 Å². The molecule has 2 N–H and O–H groups in total. The zero-order chi connectivity index (χ0) is 12.3. The van der Waals surface area contributed by atoms with Gasteiger partial charge in [0, 0.05) is 24.2 Å². The summed E-state index contributed by atoms with van der Waals surface area (Å²) in [6.07, 6.45) is 2.59. The topological polar surface area (TPSA) is 33.3 Å².